The van der Waals surface area contributed by atoms with E-state index in [0.29, 0.717) is 29.6 Å². The van der Waals surface area contributed by atoms with Crippen LogP contribution in [0.3, 0.4) is 0 Å². The van der Waals surface area contributed by atoms with Crippen LogP contribution in [0.25, 0.3) is 10.9 Å². The molecule has 4 rings (SSSR count). The molecule has 0 amide bonds. The van der Waals surface area contributed by atoms with Crippen molar-refractivity contribution < 1.29 is 0 Å². The standard InChI is InChI=1S/C23H23N5O/c1-13-9-10-18-15(3)24-22(26-20(18)11-13)28-23-25-16(4)19(21(29)27-23)12-17-8-6-5-7-14(17)2/h5-11H,12H2,1-4H3,(H2,24,25,26,27,28,29). The maximum Gasteiger partial charge on any atom is 0.256 e. The number of anilines is 2. The number of hydrogen-bond acceptors (Lipinski definition) is 5. The lowest BCUT2D eigenvalue weighted by Crippen LogP contribution is -2.19. The van der Waals surface area contributed by atoms with Gasteiger partial charge in [0.25, 0.3) is 5.56 Å². The number of fused-ring (bicyclic) bond motifs is 1. The van der Waals surface area contributed by atoms with E-state index in [4.69, 9.17) is 0 Å². The predicted molar refractivity (Wildman–Crippen MR) is 116 cm³/mol. The fourth-order valence-corrected chi connectivity index (χ4v) is 3.44. The smallest absolute Gasteiger partial charge is 0.256 e. The molecule has 6 heteroatoms. The quantitative estimate of drug-likeness (QED) is 0.548. The summed E-state index contributed by atoms with van der Waals surface area (Å²) < 4.78 is 0. The summed E-state index contributed by atoms with van der Waals surface area (Å²) in [6.45, 7) is 7.87. The Bertz CT molecular complexity index is 1280. The average Bonchev–Trinajstić information content (AvgIpc) is 2.65. The molecule has 0 bridgehead atoms. The number of aromatic nitrogens is 4. The number of aromatic amines is 1. The largest absolute Gasteiger partial charge is 0.294 e. The normalized spacial score (nSPS) is 11.0. The van der Waals surface area contributed by atoms with E-state index >= 15 is 0 Å². The molecule has 0 radical (unpaired) electrons. The van der Waals surface area contributed by atoms with Gasteiger partial charge in [-0.05, 0) is 50.5 Å². The number of benzene rings is 2. The fraction of sp³-hybridized carbons (Fsp3) is 0.217. The second-order valence-corrected chi connectivity index (χ2v) is 7.36. The van der Waals surface area contributed by atoms with Gasteiger partial charge in [0.2, 0.25) is 11.9 Å². The van der Waals surface area contributed by atoms with Crippen molar-refractivity contribution in [2.45, 2.75) is 34.1 Å². The van der Waals surface area contributed by atoms with Crippen LogP contribution in [0.5, 0.6) is 0 Å². The van der Waals surface area contributed by atoms with Crippen LogP contribution >= 0.6 is 0 Å². The third-order valence-electron chi connectivity index (χ3n) is 5.12. The molecule has 2 heterocycles. The summed E-state index contributed by atoms with van der Waals surface area (Å²) in [4.78, 5) is 29.1. The van der Waals surface area contributed by atoms with Crippen molar-refractivity contribution >= 4 is 22.8 Å². The zero-order valence-electron chi connectivity index (χ0n) is 17.0. The minimum Gasteiger partial charge on any atom is -0.294 e. The highest BCUT2D eigenvalue weighted by Crippen LogP contribution is 2.20. The lowest BCUT2D eigenvalue weighted by molar-refractivity contribution is 0.974. The Balaban J connectivity index is 1.66. The molecule has 0 atom stereocenters. The van der Waals surface area contributed by atoms with E-state index in [1.165, 1.54) is 0 Å². The van der Waals surface area contributed by atoms with Gasteiger partial charge in [-0.25, -0.2) is 15.0 Å². The highest BCUT2D eigenvalue weighted by Gasteiger charge is 2.12. The van der Waals surface area contributed by atoms with Crippen molar-refractivity contribution in [3.63, 3.8) is 0 Å². The first-order valence-electron chi connectivity index (χ1n) is 9.57. The van der Waals surface area contributed by atoms with Gasteiger partial charge in [-0.2, -0.15) is 0 Å². The Labute approximate surface area is 169 Å². The molecular formula is C23H23N5O. The Hall–Kier alpha value is -3.54. The van der Waals surface area contributed by atoms with E-state index in [0.717, 1.165) is 33.3 Å². The van der Waals surface area contributed by atoms with Crippen LogP contribution in [0.1, 0.15) is 33.6 Å². The maximum atomic E-state index is 12.7. The first-order valence-corrected chi connectivity index (χ1v) is 9.57. The SMILES string of the molecule is Cc1ccc2c(C)nc(Nc3nc(C)c(Cc4ccccc4C)c(=O)[nH]3)nc2c1. The molecular weight excluding hydrogens is 362 g/mol. The third-order valence-corrected chi connectivity index (χ3v) is 5.12. The molecule has 2 aromatic carbocycles. The minimum atomic E-state index is -0.156. The van der Waals surface area contributed by atoms with Crippen molar-refractivity contribution in [2.24, 2.45) is 0 Å². The number of H-pyrrole nitrogens is 1. The molecule has 6 nitrogen and oxygen atoms in total. The fourth-order valence-electron chi connectivity index (χ4n) is 3.44. The Morgan fingerprint density at radius 3 is 2.48 bits per heavy atom. The Kier molecular flexibility index (Phi) is 4.84. The molecule has 0 aliphatic carbocycles. The molecule has 0 aliphatic heterocycles. The van der Waals surface area contributed by atoms with Gasteiger partial charge in [0, 0.05) is 17.4 Å². The van der Waals surface area contributed by atoms with Crippen LogP contribution in [0.4, 0.5) is 11.9 Å². The second kappa shape index (κ2) is 7.47. The number of nitrogens with one attached hydrogen (secondary N) is 2. The minimum absolute atomic E-state index is 0.156. The van der Waals surface area contributed by atoms with E-state index < -0.39 is 0 Å². The van der Waals surface area contributed by atoms with E-state index in [-0.39, 0.29) is 5.56 Å². The summed E-state index contributed by atoms with van der Waals surface area (Å²) in [5.74, 6) is 0.752. The van der Waals surface area contributed by atoms with Gasteiger partial charge in [0.1, 0.15) is 0 Å². The van der Waals surface area contributed by atoms with Gasteiger partial charge in [-0.15, -0.1) is 0 Å². The summed E-state index contributed by atoms with van der Waals surface area (Å²) >= 11 is 0. The van der Waals surface area contributed by atoms with Crippen LogP contribution in [-0.2, 0) is 6.42 Å². The van der Waals surface area contributed by atoms with E-state index in [9.17, 15) is 4.79 Å². The van der Waals surface area contributed by atoms with Gasteiger partial charge in [-0.3, -0.25) is 15.1 Å². The average molecular weight is 385 g/mol. The van der Waals surface area contributed by atoms with Crippen molar-refractivity contribution in [1.82, 2.24) is 19.9 Å². The first kappa shape index (κ1) is 18.8. The Morgan fingerprint density at radius 1 is 0.931 bits per heavy atom. The summed E-state index contributed by atoms with van der Waals surface area (Å²) in [5, 5.41) is 4.06. The molecule has 0 spiro atoms. The van der Waals surface area contributed by atoms with Crippen LogP contribution in [0.2, 0.25) is 0 Å². The van der Waals surface area contributed by atoms with E-state index in [1.807, 2.05) is 70.2 Å². The highest BCUT2D eigenvalue weighted by atomic mass is 16.1. The lowest BCUT2D eigenvalue weighted by atomic mass is 10.0. The molecule has 29 heavy (non-hydrogen) atoms. The molecule has 2 aromatic heterocycles. The van der Waals surface area contributed by atoms with Crippen LogP contribution in [0, 0.1) is 27.7 Å². The van der Waals surface area contributed by atoms with Crippen LogP contribution < -0.4 is 10.9 Å². The zero-order chi connectivity index (χ0) is 20.5. The monoisotopic (exact) mass is 385 g/mol. The number of nitrogens with zero attached hydrogens (tertiary/aromatic N) is 3. The topological polar surface area (TPSA) is 83.6 Å². The van der Waals surface area contributed by atoms with Gasteiger partial charge in [-0.1, -0.05) is 36.4 Å². The van der Waals surface area contributed by atoms with Crippen LogP contribution in [0.15, 0.2) is 47.3 Å². The lowest BCUT2D eigenvalue weighted by Gasteiger charge is -2.11. The summed E-state index contributed by atoms with van der Waals surface area (Å²) in [5.41, 5.74) is 6.32. The molecule has 146 valence electrons. The third kappa shape index (κ3) is 3.87. The summed E-state index contributed by atoms with van der Waals surface area (Å²) in [7, 11) is 0. The van der Waals surface area contributed by atoms with E-state index in [2.05, 4.69) is 25.3 Å². The molecule has 2 N–H and O–H groups in total. The van der Waals surface area contributed by atoms with Crippen molar-refractivity contribution in [3.05, 3.63) is 86.5 Å². The van der Waals surface area contributed by atoms with Gasteiger partial charge >= 0.3 is 0 Å². The Morgan fingerprint density at radius 2 is 1.72 bits per heavy atom. The molecule has 0 aliphatic rings. The summed E-state index contributed by atoms with van der Waals surface area (Å²) in [6, 6.07) is 14.1. The van der Waals surface area contributed by atoms with Gasteiger partial charge in [0.05, 0.1) is 16.9 Å². The highest BCUT2D eigenvalue weighted by molar-refractivity contribution is 5.82. The number of rotatable bonds is 4. The van der Waals surface area contributed by atoms with Crippen molar-refractivity contribution in [1.29, 1.82) is 0 Å². The van der Waals surface area contributed by atoms with E-state index in [1.54, 1.807) is 0 Å². The van der Waals surface area contributed by atoms with Gasteiger partial charge < -0.3 is 0 Å². The van der Waals surface area contributed by atoms with Gasteiger partial charge in [0.15, 0.2) is 0 Å². The molecule has 0 unspecified atom stereocenters. The van der Waals surface area contributed by atoms with Crippen molar-refractivity contribution in [3.8, 4) is 0 Å². The molecule has 4 aromatic rings. The molecule has 0 saturated carbocycles. The van der Waals surface area contributed by atoms with Crippen molar-refractivity contribution in [2.75, 3.05) is 5.32 Å². The van der Waals surface area contributed by atoms with Crippen LogP contribution in [-0.4, -0.2) is 19.9 Å². The number of aryl methyl sites for hydroxylation is 4. The first-order chi connectivity index (χ1) is 13.9. The predicted octanol–water partition coefficient (Wildman–Crippen LogP) is 4.28. The number of hydrogen-bond donors (Lipinski definition) is 2. The molecule has 0 saturated heterocycles. The second-order valence-electron chi connectivity index (χ2n) is 7.36. The molecule has 0 fully saturated rings. The maximum absolute atomic E-state index is 12.7. The zero-order valence-corrected chi connectivity index (χ0v) is 17.0. The summed E-state index contributed by atoms with van der Waals surface area (Å²) in [6.07, 6.45) is 0.548.